The SMILES string of the molecule is CN(C)c1ncccc1C1(CN)CCC(F)(F)CC1. The van der Waals surface area contributed by atoms with E-state index in [9.17, 15) is 8.78 Å². The van der Waals surface area contributed by atoms with Crippen LogP contribution in [-0.4, -0.2) is 31.5 Å². The Morgan fingerprint density at radius 3 is 2.42 bits per heavy atom. The molecule has 0 unspecified atom stereocenters. The van der Waals surface area contributed by atoms with E-state index in [-0.39, 0.29) is 18.3 Å². The molecule has 0 aromatic carbocycles. The summed E-state index contributed by atoms with van der Waals surface area (Å²) < 4.78 is 26.8. The summed E-state index contributed by atoms with van der Waals surface area (Å²) in [4.78, 5) is 6.28. The Hall–Kier alpha value is -1.23. The van der Waals surface area contributed by atoms with Crippen molar-refractivity contribution in [3.63, 3.8) is 0 Å². The fraction of sp³-hybridized carbons (Fsp3) is 0.643. The molecule has 1 heterocycles. The molecule has 0 atom stereocenters. The van der Waals surface area contributed by atoms with Crippen molar-refractivity contribution in [2.45, 2.75) is 37.0 Å². The number of nitrogens with two attached hydrogens (primary N) is 1. The molecule has 0 saturated heterocycles. The van der Waals surface area contributed by atoms with E-state index in [0.29, 0.717) is 19.4 Å². The molecular formula is C14H21F2N3. The molecule has 1 saturated carbocycles. The normalized spacial score (nSPS) is 21.1. The lowest BCUT2D eigenvalue weighted by Crippen LogP contribution is -2.43. The smallest absolute Gasteiger partial charge is 0.248 e. The van der Waals surface area contributed by atoms with Crippen LogP contribution in [0.25, 0.3) is 0 Å². The van der Waals surface area contributed by atoms with Crippen molar-refractivity contribution in [2.24, 2.45) is 5.73 Å². The van der Waals surface area contributed by atoms with E-state index in [1.54, 1.807) is 6.20 Å². The van der Waals surface area contributed by atoms with Gasteiger partial charge in [-0.15, -0.1) is 0 Å². The minimum Gasteiger partial charge on any atom is -0.363 e. The van der Waals surface area contributed by atoms with Crippen LogP contribution in [-0.2, 0) is 5.41 Å². The molecule has 0 spiro atoms. The summed E-state index contributed by atoms with van der Waals surface area (Å²) in [6.45, 7) is 0.385. The maximum Gasteiger partial charge on any atom is 0.248 e. The van der Waals surface area contributed by atoms with Crippen LogP contribution < -0.4 is 10.6 Å². The van der Waals surface area contributed by atoms with Crippen LogP contribution in [0.2, 0.25) is 0 Å². The van der Waals surface area contributed by atoms with Crippen LogP contribution in [0.15, 0.2) is 18.3 Å². The molecule has 2 rings (SSSR count). The minimum atomic E-state index is -2.54. The molecule has 0 amide bonds. The van der Waals surface area contributed by atoms with Crippen LogP contribution in [0.1, 0.15) is 31.2 Å². The monoisotopic (exact) mass is 269 g/mol. The summed E-state index contributed by atoms with van der Waals surface area (Å²) in [5.41, 5.74) is 6.57. The van der Waals surface area contributed by atoms with Gasteiger partial charge in [0.2, 0.25) is 5.92 Å². The van der Waals surface area contributed by atoms with Gasteiger partial charge in [-0.3, -0.25) is 0 Å². The number of anilines is 1. The highest BCUT2D eigenvalue weighted by atomic mass is 19.3. The maximum atomic E-state index is 13.4. The van der Waals surface area contributed by atoms with Crippen LogP contribution in [0.4, 0.5) is 14.6 Å². The van der Waals surface area contributed by atoms with Crippen molar-refractivity contribution in [2.75, 3.05) is 25.5 Å². The molecule has 19 heavy (non-hydrogen) atoms. The number of halogens is 2. The largest absolute Gasteiger partial charge is 0.363 e. The van der Waals surface area contributed by atoms with Crippen molar-refractivity contribution in [3.8, 4) is 0 Å². The van der Waals surface area contributed by atoms with Crippen molar-refractivity contribution < 1.29 is 8.78 Å². The van der Waals surface area contributed by atoms with Gasteiger partial charge >= 0.3 is 0 Å². The maximum absolute atomic E-state index is 13.4. The Balaban J connectivity index is 2.38. The molecule has 1 aromatic rings. The van der Waals surface area contributed by atoms with Crippen LogP contribution >= 0.6 is 0 Å². The van der Waals surface area contributed by atoms with E-state index in [2.05, 4.69) is 4.98 Å². The molecule has 3 nitrogen and oxygen atoms in total. The fourth-order valence-electron chi connectivity index (χ4n) is 2.85. The third kappa shape index (κ3) is 2.71. The van der Waals surface area contributed by atoms with Crippen molar-refractivity contribution in [1.29, 1.82) is 0 Å². The zero-order valence-corrected chi connectivity index (χ0v) is 11.5. The number of aromatic nitrogens is 1. The minimum absolute atomic E-state index is 0.0913. The summed E-state index contributed by atoms with van der Waals surface area (Å²) in [6.07, 6.45) is 2.38. The lowest BCUT2D eigenvalue weighted by molar-refractivity contribution is -0.0508. The number of alkyl halides is 2. The lowest BCUT2D eigenvalue weighted by Gasteiger charge is -2.41. The first-order valence-electron chi connectivity index (χ1n) is 6.61. The Labute approximate surface area is 112 Å². The Bertz CT molecular complexity index is 436. The Morgan fingerprint density at radius 1 is 1.26 bits per heavy atom. The first-order chi connectivity index (χ1) is 8.90. The molecule has 0 bridgehead atoms. The van der Waals surface area contributed by atoms with Gasteiger partial charge < -0.3 is 10.6 Å². The van der Waals surface area contributed by atoms with Gasteiger partial charge in [0.1, 0.15) is 5.82 Å². The summed E-state index contributed by atoms with van der Waals surface area (Å²) >= 11 is 0. The van der Waals surface area contributed by atoms with E-state index in [0.717, 1.165) is 11.4 Å². The molecule has 1 aromatic heterocycles. The van der Waals surface area contributed by atoms with Gasteiger partial charge in [0, 0.05) is 50.7 Å². The number of hydrogen-bond acceptors (Lipinski definition) is 3. The van der Waals surface area contributed by atoms with Gasteiger partial charge in [-0.25, -0.2) is 13.8 Å². The average Bonchev–Trinajstić information content (AvgIpc) is 2.39. The second-order valence-electron chi connectivity index (χ2n) is 5.61. The second-order valence-corrected chi connectivity index (χ2v) is 5.61. The van der Waals surface area contributed by atoms with Gasteiger partial charge in [0.05, 0.1) is 0 Å². The number of rotatable bonds is 3. The van der Waals surface area contributed by atoms with Gasteiger partial charge in [-0.2, -0.15) is 0 Å². The number of pyridine rings is 1. The predicted molar refractivity (Wildman–Crippen MR) is 72.7 cm³/mol. The molecule has 106 valence electrons. The molecular weight excluding hydrogens is 248 g/mol. The van der Waals surface area contributed by atoms with Gasteiger partial charge in [0.25, 0.3) is 0 Å². The average molecular weight is 269 g/mol. The zero-order chi connectivity index (χ0) is 14.1. The fourth-order valence-corrected chi connectivity index (χ4v) is 2.85. The van der Waals surface area contributed by atoms with Crippen molar-refractivity contribution in [3.05, 3.63) is 23.9 Å². The molecule has 1 aliphatic rings. The van der Waals surface area contributed by atoms with Crippen LogP contribution in [0.3, 0.4) is 0 Å². The molecule has 1 fully saturated rings. The van der Waals surface area contributed by atoms with E-state index in [1.165, 1.54) is 0 Å². The number of hydrogen-bond donors (Lipinski definition) is 1. The first-order valence-corrected chi connectivity index (χ1v) is 6.61. The van der Waals surface area contributed by atoms with Gasteiger partial charge in [-0.05, 0) is 18.9 Å². The molecule has 0 aliphatic heterocycles. The summed E-state index contributed by atoms with van der Waals surface area (Å²) in [7, 11) is 3.82. The van der Waals surface area contributed by atoms with E-state index < -0.39 is 5.92 Å². The molecule has 1 aliphatic carbocycles. The van der Waals surface area contributed by atoms with Gasteiger partial charge in [0.15, 0.2) is 0 Å². The zero-order valence-electron chi connectivity index (χ0n) is 11.5. The molecule has 2 N–H and O–H groups in total. The highest BCUT2D eigenvalue weighted by Crippen LogP contribution is 2.46. The van der Waals surface area contributed by atoms with Crippen LogP contribution in [0.5, 0.6) is 0 Å². The summed E-state index contributed by atoms with van der Waals surface area (Å²) in [6, 6.07) is 3.82. The predicted octanol–water partition coefficient (Wildman–Crippen LogP) is 2.55. The van der Waals surface area contributed by atoms with E-state index >= 15 is 0 Å². The second kappa shape index (κ2) is 5.04. The van der Waals surface area contributed by atoms with E-state index in [4.69, 9.17) is 5.73 Å². The highest BCUT2D eigenvalue weighted by Gasteiger charge is 2.44. The van der Waals surface area contributed by atoms with Gasteiger partial charge in [-0.1, -0.05) is 6.07 Å². The van der Waals surface area contributed by atoms with E-state index in [1.807, 2.05) is 31.1 Å². The first kappa shape index (κ1) is 14.2. The third-order valence-electron chi connectivity index (χ3n) is 4.11. The Kier molecular flexibility index (Phi) is 3.76. The molecule has 0 radical (unpaired) electrons. The van der Waals surface area contributed by atoms with Crippen molar-refractivity contribution >= 4 is 5.82 Å². The lowest BCUT2D eigenvalue weighted by atomic mass is 9.68. The number of nitrogens with zero attached hydrogens (tertiary/aromatic N) is 2. The topological polar surface area (TPSA) is 42.2 Å². The standard InChI is InChI=1S/C14H21F2N3/c1-19(2)12-11(4-3-9-18-12)13(10-17)5-7-14(15,16)8-6-13/h3-4,9H,5-8,10,17H2,1-2H3. The quantitative estimate of drug-likeness (QED) is 0.917. The highest BCUT2D eigenvalue weighted by molar-refractivity contribution is 5.50. The summed E-state index contributed by atoms with van der Waals surface area (Å²) in [5, 5.41) is 0. The molecule has 5 heteroatoms. The summed E-state index contributed by atoms with van der Waals surface area (Å²) in [5.74, 6) is -1.71. The van der Waals surface area contributed by atoms with Crippen molar-refractivity contribution in [1.82, 2.24) is 4.98 Å². The third-order valence-corrected chi connectivity index (χ3v) is 4.11. The van der Waals surface area contributed by atoms with Crippen LogP contribution in [0, 0.1) is 0 Å². The Morgan fingerprint density at radius 2 is 1.89 bits per heavy atom.